The molecule has 2 aromatic rings. The molecule has 2 heterocycles. The molecular formula is C26H29NO5. The van der Waals surface area contributed by atoms with Crippen molar-refractivity contribution in [1.29, 1.82) is 0 Å². The second kappa shape index (κ2) is 9.47. The Morgan fingerprint density at radius 1 is 1.19 bits per heavy atom. The molecule has 0 saturated heterocycles. The molecular weight excluding hydrogens is 406 g/mol. The Morgan fingerprint density at radius 2 is 2.00 bits per heavy atom. The number of carbonyl (C=O) groups excluding carboxylic acids is 2. The van der Waals surface area contributed by atoms with Crippen LogP contribution in [-0.4, -0.2) is 25.5 Å². The first-order valence-electron chi connectivity index (χ1n) is 11.1. The van der Waals surface area contributed by atoms with Crippen LogP contribution in [-0.2, 0) is 14.3 Å². The van der Waals surface area contributed by atoms with E-state index in [1.54, 1.807) is 6.26 Å². The number of para-hydroxylation sites is 1. The molecule has 1 N–H and O–H groups in total. The molecule has 4 rings (SSSR count). The first-order chi connectivity index (χ1) is 15.5. The Kier molecular flexibility index (Phi) is 6.49. The summed E-state index contributed by atoms with van der Waals surface area (Å²) in [6, 6.07) is 11.4. The molecule has 0 radical (unpaired) electrons. The van der Waals surface area contributed by atoms with Crippen molar-refractivity contribution in [3.05, 3.63) is 76.5 Å². The summed E-state index contributed by atoms with van der Waals surface area (Å²) in [5, 5.41) is 3.33. The highest BCUT2D eigenvalue weighted by Crippen LogP contribution is 2.47. The molecule has 0 bridgehead atoms. The van der Waals surface area contributed by atoms with Gasteiger partial charge in [-0.05, 0) is 38.0 Å². The average Bonchev–Trinajstić information content (AvgIpc) is 3.33. The van der Waals surface area contributed by atoms with Crippen molar-refractivity contribution < 1.29 is 23.5 Å². The molecule has 0 amide bonds. The Labute approximate surface area is 188 Å². The summed E-state index contributed by atoms with van der Waals surface area (Å²) in [6.07, 6.45) is 4.54. The lowest BCUT2D eigenvalue weighted by Gasteiger charge is -2.36. The zero-order valence-corrected chi connectivity index (χ0v) is 18.8. The van der Waals surface area contributed by atoms with E-state index in [2.05, 4.69) is 12.2 Å². The molecule has 2 aliphatic rings. The number of rotatable bonds is 7. The molecule has 1 aliphatic heterocycles. The number of unbranched alkanes of at least 4 members (excludes halogenated alkanes) is 1. The summed E-state index contributed by atoms with van der Waals surface area (Å²) >= 11 is 0. The standard InChI is InChI=1S/C26H29NO5/c1-4-5-12-32-22-10-7-6-9-18(22)24-23(26(29)30-3)16(2)27-19-14-17(15-20(28)25(19)24)21-11-8-13-31-21/h6-11,13,17,24,27H,4-5,12,14-15H2,1-3H3/t17-,24-/m1/s1. The van der Waals surface area contributed by atoms with Gasteiger partial charge in [-0.15, -0.1) is 0 Å². The van der Waals surface area contributed by atoms with E-state index >= 15 is 0 Å². The van der Waals surface area contributed by atoms with E-state index in [4.69, 9.17) is 13.9 Å². The van der Waals surface area contributed by atoms with Gasteiger partial charge in [0.15, 0.2) is 5.78 Å². The number of ether oxygens (including phenoxy) is 2. The molecule has 2 atom stereocenters. The number of allylic oxidation sites excluding steroid dienone is 3. The van der Waals surface area contributed by atoms with Crippen LogP contribution in [0.2, 0.25) is 0 Å². The number of carbonyl (C=O) groups is 2. The van der Waals surface area contributed by atoms with E-state index in [0.717, 1.165) is 29.9 Å². The van der Waals surface area contributed by atoms with E-state index in [9.17, 15) is 9.59 Å². The molecule has 1 aliphatic carbocycles. The number of hydrogen-bond acceptors (Lipinski definition) is 6. The molecule has 0 fully saturated rings. The van der Waals surface area contributed by atoms with Crippen LogP contribution < -0.4 is 10.1 Å². The van der Waals surface area contributed by atoms with Crippen molar-refractivity contribution >= 4 is 11.8 Å². The molecule has 6 nitrogen and oxygen atoms in total. The van der Waals surface area contributed by atoms with Crippen LogP contribution in [0.15, 0.2) is 69.6 Å². The third kappa shape index (κ3) is 4.09. The molecule has 6 heteroatoms. The predicted octanol–water partition coefficient (Wildman–Crippen LogP) is 4.99. The van der Waals surface area contributed by atoms with E-state index in [-0.39, 0.29) is 11.7 Å². The largest absolute Gasteiger partial charge is 0.493 e. The zero-order chi connectivity index (χ0) is 22.7. The summed E-state index contributed by atoms with van der Waals surface area (Å²) in [7, 11) is 1.36. The number of Topliss-reactive ketones (excluding diaryl/α,β-unsaturated/α-hetero) is 1. The lowest BCUT2D eigenvalue weighted by Crippen LogP contribution is -2.36. The SMILES string of the molecule is CCCCOc1ccccc1[C@@H]1C(C(=O)OC)=C(C)NC2=C1C(=O)C[C@H](c1ccco1)C2. The minimum Gasteiger partial charge on any atom is -0.493 e. The number of ketones is 1. The van der Waals surface area contributed by atoms with Gasteiger partial charge < -0.3 is 19.2 Å². The highest BCUT2D eigenvalue weighted by Gasteiger charge is 2.42. The van der Waals surface area contributed by atoms with Crippen molar-refractivity contribution in [2.75, 3.05) is 13.7 Å². The second-order valence-corrected chi connectivity index (χ2v) is 8.26. The van der Waals surface area contributed by atoms with Crippen molar-refractivity contribution in [1.82, 2.24) is 5.32 Å². The summed E-state index contributed by atoms with van der Waals surface area (Å²) < 4.78 is 16.8. The second-order valence-electron chi connectivity index (χ2n) is 8.26. The van der Waals surface area contributed by atoms with Gasteiger partial charge >= 0.3 is 5.97 Å². The van der Waals surface area contributed by atoms with Gasteiger partial charge in [-0.3, -0.25) is 4.79 Å². The predicted molar refractivity (Wildman–Crippen MR) is 120 cm³/mol. The fraction of sp³-hybridized carbons (Fsp3) is 0.385. The molecule has 0 saturated carbocycles. The number of furan rings is 1. The number of hydrogen-bond donors (Lipinski definition) is 1. The van der Waals surface area contributed by atoms with E-state index in [0.29, 0.717) is 42.0 Å². The van der Waals surface area contributed by atoms with Crippen LogP contribution >= 0.6 is 0 Å². The highest BCUT2D eigenvalue weighted by atomic mass is 16.5. The van der Waals surface area contributed by atoms with Crippen molar-refractivity contribution in [3.8, 4) is 5.75 Å². The molecule has 0 unspecified atom stereocenters. The normalized spacial score (nSPS) is 20.7. The van der Waals surface area contributed by atoms with Crippen LogP contribution in [0.3, 0.4) is 0 Å². The van der Waals surface area contributed by atoms with Crippen molar-refractivity contribution in [2.24, 2.45) is 0 Å². The molecule has 1 aromatic carbocycles. The van der Waals surface area contributed by atoms with Gasteiger partial charge in [-0.25, -0.2) is 4.79 Å². The minimum atomic E-state index is -0.540. The Hall–Kier alpha value is -3.28. The van der Waals surface area contributed by atoms with Crippen LogP contribution in [0.25, 0.3) is 0 Å². The maximum atomic E-state index is 13.5. The van der Waals surface area contributed by atoms with Gasteiger partial charge in [0.1, 0.15) is 11.5 Å². The number of nitrogens with one attached hydrogen (secondary N) is 1. The van der Waals surface area contributed by atoms with Gasteiger partial charge in [0, 0.05) is 34.9 Å². The Bertz CT molecular complexity index is 1060. The monoisotopic (exact) mass is 435 g/mol. The third-order valence-corrected chi connectivity index (χ3v) is 6.16. The summed E-state index contributed by atoms with van der Waals surface area (Å²) in [4.78, 5) is 26.4. The average molecular weight is 436 g/mol. The first-order valence-corrected chi connectivity index (χ1v) is 11.1. The zero-order valence-electron chi connectivity index (χ0n) is 18.8. The number of benzene rings is 1. The van der Waals surface area contributed by atoms with Crippen LogP contribution in [0, 0.1) is 0 Å². The number of methoxy groups -OCH3 is 1. The van der Waals surface area contributed by atoms with Gasteiger partial charge in [-0.1, -0.05) is 31.5 Å². The highest BCUT2D eigenvalue weighted by molar-refractivity contribution is 6.04. The van der Waals surface area contributed by atoms with Crippen LogP contribution in [0.1, 0.15) is 62.7 Å². The summed E-state index contributed by atoms with van der Waals surface area (Å²) in [5.41, 5.74) is 3.40. The van der Waals surface area contributed by atoms with Gasteiger partial charge in [0.25, 0.3) is 0 Å². The van der Waals surface area contributed by atoms with Crippen LogP contribution in [0.5, 0.6) is 5.75 Å². The fourth-order valence-electron chi connectivity index (χ4n) is 4.63. The lowest BCUT2D eigenvalue weighted by atomic mass is 9.72. The minimum absolute atomic E-state index is 0.00224. The molecule has 0 spiro atoms. The first kappa shape index (κ1) is 21.9. The van der Waals surface area contributed by atoms with E-state index in [1.165, 1.54) is 7.11 Å². The quantitative estimate of drug-likeness (QED) is 0.487. The van der Waals surface area contributed by atoms with Gasteiger partial charge in [0.05, 0.1) is 31.5 Å². The van der Waals surface area contributed by atoms with Crippen molar-refractivity contribution in [2.45, 2.75) is 51.4 Å². The number of dihydropyridines is 1. The fourth-order valence-corrected chi connectivity index (χ4v) is 4.63. The van der Waals surface area contributed by atoms with E-state index in [1.807, 2.05) is 43.3 Å². The molecule has 1 aromatic heterocycles. The smallest absolute Gasteiger partial charge is 0.336 e. The third-order valence-electron chi connectivity index (χ3n) is 6.16. The lowest BCUT2D eigenvalue weighted by molar-refractivity contribution is -0.136. The van der Waals surface area contributed by atoms with Crippen LogP contribution in [0.4, 0.5) is 0 Å². The van der Waals surface area contributed by atoms with Crippen molar-refractivity contribution in [3.63, 3.8) is 0 Å². The topological polar surface area (TPSA) is 77.8 Å². The Morgan fingerprint density at radius 3 is 2.72 bits per heavy atom. The number of esters is 1. The Balaban J connectivity index is 1.81. The van der Waals surface area contributed by atoms with E-state index < -0.39 is 11.9 Å². The maximum Gasteiger partial charge on any atom is 0.336 e. The maximum absolute atomic E-state index is 13.5. The molecule has 168 valence electrons. The van der Waals surface area contributed by atoms with Gasteiger partial charge in [0.2, 0.25) is 0 Å². The molecule has 32 heavy (non-hydrogen) atoms. The summed E-state index contributed by atoms with van der Waals surface area (Å²) in [5.74, 6) is 0.467. The van der Waals surface area contributed by atoms with Gasteiger partial charge in [-0.2, -0.15) is 0 Å². The summed E-state index contributed by atoms with van der Waals surface area (Å²) in [6.45, 7) is 4.54.